The first-order valence-corrected chi connectivity index (χ1v) is 0. The average Bonchev–Trinajstić information content (AvgIpc) is 0. The van der Waals surface area contributed by atoms with Gasteiger partial charge in [-0.3, -0.25) is 0 Å². The van der Waals surface area contributed by atoms with E-state index in [0.29, 0.717) is 0 Å². The van der Waals surface area contributed by atoms with Gasteiger partial charge in [0.05, 0.1) is 0 Å². The van der Waals surface area contributed by atoms with Gasteiger partial charge in [-0.1, -0.05) is 0 Å². The molecule has 0 aliphatic rings. The van der Waals surface area contributed by atoms with Crippen molar-refractivity contribution in [1.82, 2.24) is 0 Å². The second-order valence-corrected chi connectivity index (χ2v) is 0. The fourth-order valence-electron chi connectivity index (χ4n) is 0. The summed E-state index contributed by atoms with van der Waals surface area (Å²) in [7, 11) is 0. The molecule has 4 heteroatoms. The van der Waals surface area contributed by atoms with E-state index < -0.39 is 0 Å². The molecule has 0 bridgehead atoms. The molecule has 0 aromatic rings. The minimum atomic E-state index is 0. The summed E-state index contributed by atoms with van der Waals surface area (Å²) < 4.78 is 0. The van der Waals surface area contributed by atoms with Gasteiger partial charge in [0, 0.05) is 0 Å². The molecule has 0 radical (unpaired) electrons. The maximum absolute atomic E-state index is 0. The summed E-state index contributed by atoms with van der Waals surface area (Å²) in [4.78, 5) is 0. The van der Waals surface area contributed by atoms with Crippen LogP contribution >= 0.6 is 0 Å². The smallest absolute Gasteiger partial charge is 2.00 e. The van der Waals surface area contributed by atoms with Gasteiger partial charge in [-0.15, -0.1) is 0 Å². The molecule has 0 aliphatic carbocycles. The molecular formula is O2RhTl. The Morgan fingerprint density at radius 1 is 0.750 bits per heavy atom. The number of rotatable bonds is 0. The van der Waals surface area contributed by atoms with Crippen LogP contribution in [0.5, 0.6) is 0 Å². The largest absolute Gasteiger partial charge is 3.00 e. The van der Waals surface area contributed by atoms with Crippen LogP contribution in [0, 0.1) is 0 Å². The van der Waals surface area contributed by atoms with Crippen molar-refractivity contribution in [3.63, 3.8) is 0 Å². The zero-order valence-electron chi connectivity index (χ0n) is 1.73. The molecule has 0 fully saturated rings. The van der Waals surface area contributed by atoms with E-state index in [0.717, 1.165) is 0 Å². The first-order valence-electron chi connectivity index (χ1n) is 0. The molecule has 0 rings (SSSR count). The second-order valence-electron chi connectivity index (χ2n) is 0. The second kappa shape index (κ2) is 25.0. The SMILES string of the molecule is [O-2].[O-2].[Rh+3].[Tl+]. The van der Waals surface area contributed by atoms with Crippen LogP contribution in [0.25, 0.3) is 0 Å². The van der Waals surface area contributed by atoms with Crippen molar-refractivity contribution in [2.75, 3.05) is 0 Å². The van der Waals surface area contributed by atoms with E-state index in [1.54, 1.807) is 0 Å². The third kappa shape index (κ3) is 9.81. The Bertz CT molecular complexity index is 6.00. The van der Waals surface area contributed by atoms with Crippen LogP contribution in [0.3, 0.4) is 0 Å². The molecule has 4 heavy (non-hydrogen) atoms. The molecule has 24 valence electrons. The van der Waals surface area contributed by atoms with Crippen molar-refractivity contribution in [2.24, 2.45) is 0 Å². The first-order chi connectivity index (χ1) is 0. The third-order valence-electron chi connectivity index (χ3n) is 0. The predicted octanol–water partition coefficient (Wildman–Crippen LogP) is -0.621. The van der Waals surface area contributed by atoms with Gasteiger partial charge in [-0.25, -0.2) is 0 Å². The molecule has 0 saturated heterocycles. The number of hydrogen-bond donors (Lipinski definition) is 0. The topological polar surface area (TPSA) is 57.0 Å². The van der Waals surface area contributed by atoms with Crippen LogP contribution in [0.4, 0.5) is 0 Å². The molecule has 0 atom stereocenters. The van der Waals surface area contributed by atoms with Gasteiger partial charge in [-0.05, 0) is 0 Å². The Morgan fingerprint density at radius 3 is 0.750 bits per heavy atom. The summed E-state index contributed by atoms with van der Waals surface area (Å²) >= 11 is 0. The van der Waals surface area contributed by atoms with Crippen molar-refractivity contribution < 1.29 is 30.4 Å². The molecule has 2 nitrogen and oxygen atoms in total. The van der Waals surface area contributed by atoms with E-state index in [-0.39, 0.29) is 57.7 Å². The van der Waals surface area contributed by atoms with Gasteiger partial charge in [0.15, 0.2) is 0 Å². The minimum absolute atomic E-state index is 0. The zero-order chi connectivity index (χ0) is 0. The van der Waals surface area contributed by atoms with Crippen molar-refractivity contribution >= 4 is 27.3 Å². The Labute approximate surface area is 57.5 Å². The van der Waals surface area contributed by atoms with Crippen molar-refractivity contribution in [1.29, 1.82) is 0 Å². The molecule has 0 heterocycles. The summed E-state index contributed by atoms with van der Waals surface area (Å²) in [6.45, 7) is 0. The van der Waals surface area contributed by atoms with Crippen LogP contribution in [-0.2, 0) is 30.4 Å². The molecule has 0 spiro atoms. The van der Waals surface area contributed by atoms with E-state index in [9.17, 15) is 0 Å². The molecule has 0 amide bonds. The summed E-state index contributed by atoms with van der Waals surface area (Å²) in [5, 5.41) is 0. The van der Waals surface area contributed by atoms with Crippen LogP contribution in [0.15, 0.2) is 0 Å². The Kier molecular flexibility index (Phi) is 317. The summed E-state index contributed by atoms with van der Waals surface area (Å²) in [6.07, 6.45) is 0. The zero-order valence-corrected chi connectivity index (χ0v) is 7.85. The van der Waals surface area contributed by atoms with Gasteiger partial charge in [-0.2, -0.15) is 0 Å². The summed E-state index contributed by atoms with van der Waals surface area (Å²) in [6, 6.07) is 0. The minimum Gasteiger partial charge on any atom is -2.00 e. The van der Waals surface area contributed by atoms with E-state index >= 15 is 0 Å². The quantitative estimate of drug-likeness (QED) is 0.528. The molecule has 0 aromatic carbocycles. The fourth-order valence-corrected chi connectivity index (χ4v) is 0. The molecule has 0 N–H and O–H groups in total. The molecule has 0 aromatic heterocycles. The maximum atomic E-state index is 0. The van der Waals surface area contributed by atoms with Crippen LogP contribution in [0.1, 0.15) is 0 Å². The standard InChI is InChI=1S/2O.Rh.Tl/q2*-2;+3;+1. The maximum Gasteiger partial charge on any atom is 3.00 e. The van der Waals surface area contributed by atoms with E-state index in [2.05, 4.69) is 0 Å². The van der Waals surface area contributed by atoms with Gasteiger partial charge < -0.3 is 11.0 Å². The van der Waals surface area contributed by atoms with E-state index in [4.69, 9.17) is 0 Å². The van der Waals surface area contributed by atoms with E-state index in [1.807, 2.05) is 0 Å². The van der Waals surface area contributed by atoms with Crippen molar-refractivity contribution in [3.8, 4) is 0 Å². The van der Waals surface area contributed by atoms with E-state index in [1.165, 1.54) is 0 Å². The molecule has 0 aliphatic heterocycles. The van der Waals surface area contributed by atoms with Crippen LogP contribution in [0.2, 0.25) is 0 Å². The monoisotopic (exact) mass is 340 g/mol. The van der Waals surface area contributed by atoms with Gasteiger partial charge in [0.2, 0.25) is 0 Å². The fraction of sp³-hybridized carbons (Fsp3) is 0. The summed E-state index contributed by atoms with van der Waals surface area (Å²) in [5.74, 6) is 0. The first kappa shape index (κ1) is 50.7. The average molecular weight is 339 g/mol. The molecular weight excluding hydrogens is 339 g/mol. The third-order valence-corrected chi connectivity index (χ3v) is 0. The van der Waals surface area contributed by atoms with Gasteiger partial charge in [0.1, 0.15) is 0 Å². The van der Waals surface area contributed by atoms with Crippen LogP contribution < -0.4 is 0 Å². The molecule has 0 saturated carbocycles. The predicted molar refractivity (Wildman–Crippen MR) is 7.13 cm³/mol. The van der Waals surface area contributed by atoms with Crippen molar-refractivity contribution in [3.05, 3.63) is 0 Å². The Hall–Kier alpha value is 1.47. The van der Waals surface area contributed by atoms with Gasteiger partial charge >= 0.3 is 46.8 Å². The van der Waals surface area contributed by atoms with Crippen molar-refractivity contribution in [2.45, 2.75) is 0 Å². The van der Waals surface area contributed by atoms with Gasteiger partial charge in [0.25, 0.3) is 0 Å². The Morgan fingerprint density at radius 2 is 0.750 bits per heavy atom. The number of hydrogen-bond acceptors (Lipinski definition) is 0. The Balaban J connectivity index is 0. The van der Waals surface area contributed by atoms with Crippen LogP contribution in [-0.4, -0.2) is 27.3 Å². The molecule has 0 unspecified atom stereocenters. The normalized spacial score (nSPS) is 0. The summed E-state index contributed by atoms with van der Waals surface area (Å²) in [5.41, 5.74) is 0.